The smallest absolute Gasteiger partial charge is 0.0625 e. The summed E-state index contributed by atoms with van der Waals surface area (Å²) in [5.41, 5.74) is 0. The molecule has 1 saturated carbocycles. The van der Waals surface area contributed by atoms with E-state index in [4.69, 9.17) is 9.47 Å². The highest BCUT2D eigenvalue weighted by atomic mass is 16.5. The quantitative estimate of drug-likeness (QED) is 0.614. The number of hydrogen-bond donors (Lipinski definition) is 1. The third-order valence-corrected chi connectivity index (χ3v) is 4.40. The lowest BCUT2D eigenvalue weighted by Gasteiger charge is -2.32. The van der Waals surface area contributed by atoms with E-state index < -0.39 is 0 Å². The number of nitrogens with one attached hydrogen (secondary N) is 1. The summed E-state index contributed by atoms with van der Waals surface area (Å²) < 4.78 is 11.7. The van der Waals surface area contributed by atoms with Gasteiger partial charge in [0.25, 0.3) is 0 Å². The molecule has 112 valence electrons. The Balaban J connectivity index is 1.55. The molecule has 0 bridgehead atoms. The van der Waals surface area contributed by atoms with Gasteiger partial charge in [-0.15, -0.1) is 0 Å². The molecule has 1 aliphatic heterocycles. The molecule has 2 fully saturated rings. The summed E-state index contributed by atoms with van der Waals surface area (Å²) >= 11 is 0. The van der Waals surface area contributed by atoms with Crippen LogP contribution in [0.1, 0.15) is 65.2 Å². The summed E-state index contributed by atoms with van der Waals surface area (Å²) in [7, 11) is 0. The maximum Gasteiger partial charge on any atom is 0.0625 e. The molecule has 2 unspecified atom stereocenters. The van der Waals surface area contributed by atoms with Gasteiger partial charge in [-0.05, 0) is 39.5 Å². The Hall–Kier alpha value is -0.120. The average Bonchev–Trinajstić information content (AvgIpc) is 2.62. The maximum atomic E-state index is 6.00. The lowest BCUT2D eigenvalue weighted by Crippen LogP contribution is -2.36. The minimum absolute atomic E-state index is 0.351. The Labute approximate surface area is 118 Å². The molecule has 2 atom stereocenters. The van der Waals surface area contributed by atoms with E-state index in [2.05, 4.69) is 19.2 Å². The minimum Gasteiger partial charge on any atom is -0.377 e. The van der Waals surface area contributed by atoms with Crippen LogP contribution >= 0.6 is 0 Å². The second kappa shape index (κ2) is 8.23. The van der Waals surface area contributed by atoms with Crippen molar-refractivity contribution in [3.63, 3.8) is 0 Å². The van der Waals surface area contributed by atoms with Crippen molar-refractivity contribution >= 4 is 0 Å². The zero-order valence-corrected chi connectivity index (χ0v) is 12.7. The average molecular weight is 269 g/mol. The largest absolute Gasteiger partial charge is 0.377 e. The Kier molecular flexibility index (Phi) is 6.62. The first-order valence-corrected chi connectivity index (χ1v) is 8.24. The van der Waals surface area contributed by atoms with Crippen LogP contribution < -0.4 is 5.32 Å². The lowest BCUT2D eigenvalue weighted by molar-refractivity contribution is -0.101. The van der Waals surface area contributed by atoms with Gasteiger partial charge in [0.1, 0.15) is 0 Å². The minimum atomic E-state index is 0.351. The van der Waals surface area contributed by atoms with E-state index in [0.29, 0.717) is 18.3 Å². The normalized spacial score (nSPS) is 34.1. The van der Waals surface area contributed by atoms with E-state index in [0.717, 1.165) is 32.0 Å². The van der Waals surface area contributed by atoms with Crippen molar-refractivity contribution in [3.05, 3.63) is 0 Å². The fraction of sp³-hybridized carbons (Fsp3) is 1.00. The Bertz CT molecular complexity index is 229. The molecule has 3 heteroatoms. The van der Waals surface area contributed by atoms with Crippen LogP contribution in [0, 0.1) is 0 Å². The molecule has 0 aromatic carbocycles. The van der Waals surface area contributed by atoms with Crippen LogP contribution in [0.5, 0.6) is 0 Å². The van der Waals surface area contributed by atoms with Gasteiger partial charge in [-0.3, -0.25) is 0 Å². The van der Waals surface area contributed by atoms with Crippen molar-refractivity contribution in [2.45, 2.75) is 89.6 Å². The van der Waals surface area contributed by atoms with Gasteiger partial charge in [0.15, 0.2) is 0 Å². The second-order valence-electron chi connectivity index (χ2n) is 6.36. The molecule has 0 radical (unpaired) electrons. The lowest BCUT2D eigenvalue weighted by atomic mass is 10.0. The predicted octanol–water partition coefficient (Wildman–Crippen LogP) is 3.27. The molecule has 19 heavy (non-hydrogen) atoms. The Morgan fingerprint density at radius 2 is 1.63 bits per heavy atom. The third kappa shape index (κ3) is 5.80. The van der Waals surface area contributed by atoms with Gasteiger partial charge in [-0.1, -0.05) is 25.7 Å². The van der Waals surface area contributed by atoms with Crippen LogP contribution in [0.2, 0.25) is 0 Å². The van der Waals surface area contributed by atoms with Crippen molar-refractivity contribution < 1.29 is 9.47 Å². The van der Waals surface area contributed by atoms with E-state index >= 15 is 0 Å². The predicted molar refractivity (Wildman–Crippen MR) is 78.5 cm³/mol. The van der Waals surface area contributed by atoms with Crippen molar-refractivity contribution in [2.75, 3.05) is 13.2 Å². The summed E-state index contributed by atoms with van der Waals surface area (Å²) in [5, 5.41) is 3.67. The molecule has 3 nitrogen and oxygen atoms in total. The summed E-state index contributed by atoms with van der Waals surface area (Å²) in [4.78, 5) is 0. The summed E-state index contributed by atoms with van der Waals surface area (Å²) in [5.74, 6) is 0. The zero-order valence-electron chi connectivity index (χ0n) is 12.7. The Morgan fingerprint density at radius 3 is 2.26 bits per heavy atom. The number of rotatable bonds is 5. The van der Waals surface area contributed by atoms with Crippen LogP contribution in [0.25, 0.3) is 0 Å². The highest BCUT2D eigenvalue weighted by molar-refractivity contribution is 4.74. The molecule has 0 spiro atoms. The number of hydrogen-bond acceptors (Lipinski definition) is 3. The third-order valence-electron chi connectivity index (χ3n) is 4.40. The van der Waals surface area contributed by atoms with Crippen molar-refractivity contribution in [3.8, 4) is 0 Å². The van der Waals surface area contributed by atoms with Crippen LogP contribution in [0.4, 0.5) is 0 Å². The molecule has 1 heterocycles. The van der Waals surface area contributed by atoms with Gasteiger partial charge in [0, 0.05) is 12.6 Å². The van der Waals surface area contributed by atoms with Crippen LogP contribution in [-0.4, -0.2) is 37.5 Å². The molecule has 0 aromatic rings. The zero-order chi connectivity index (χ0) is 13.5. The topological polar surface area (TPSA) is 30.5 Å². The van der Waals surface area contributed by atoms with Crippen molar-refractivity contribution in [1.29, 1.82) is 0 Å². The van der Waals surface area contributed by atoms with Crippen LogP contribution in [0.15, 0.2) is 0 Å². The fourth-order valence-corrected chi connectivity index (χ4v) is 3.45. The van der Waals surface area contributed by atoms with Gasteiger partial charge in [0.2, 0.25) is 0 Å². The standard InChI is InChI=1S/C16H31NO2/c1-13-11-16(12-14(2)19-13)18-10-9-17-15-7-5-3-4-6-8-15/h13-17H,3-12H2,1-2H3. The first-order valence-electron chi connectivity index (χ1n) is 8.24. The van der Waals surface area contributed by atoms with E-state index in [-0.39, 0.29) is 0 Å². The first-order chi connectivity index (χ1) is 9.24. The van der Waals surface area contributed by atoms with Crippen molar-refractivity contribution in [1.82, 2.24) is 5.32 Å². The summed E-state index contributed by atoms with van der Waals surface area (Å²) in [6, 6.07) is 0.735. The second-order valence-corrected chi connectivity index (χ2v) is 6.36. The van der Waals surface area contributed by atoms with E-state index in [1.165, 1.54) is 38.5 Å². The van der Waals surface area contributed by atoms with E-state index in [9.17, 15) is 0 Å². The Morgan fingerprint density at radius 1 is 1.00 bits per heavy atom. The molecular formula is C16H31NO2. The summed E-state index contributed by atoms with van der Waals surface area (Å²) in [6.45, 7) is 6.15. The maximum absolute atomic E-state index is 6.00. The fourth-order valence-electron chi connectivity index (χ4n) is 3.45. The summed E-state index contributed by atoms with van der Waals surface area (Å²) in [6.07, 6.45) is 11.5. The molecule has 2 aliphatic rings. The number of ether oxygens (including phenoxy) is 2. The molecule has 1 N–H and O–H groups in total. The highest BCUT2D eigenvalue weighted by Gasteiger charge is 2.24. The van der Waals surface area contributed by atoms with E-state index in [1.54, 1.807) is 0 Å². The highest BCUT2D eigenvalue weighted by Crippen LogP contribution is 2.21. The van der Waals surface area contributed by atoms with Crippen LogP contribution in [-0.2, 0) is 9.47 Å². The molecule has 2 rings (SSSR count). The van der Waals surface area contributed by atoms with E-state index in [1.807, 2.05) is 0 Å². The SMILES string of the molecule is CC1CC(OCCNC2CCCCCC2)CC(C)O1. The monoisotopic (exact) mass is 269 g/mol. The van der Waals surface area contributed by atoms with Gasteiger partial charge < -0.3 is 14.8 Å². The molecule has 1 saturated heterocycles. The van der Waals surface area contributed by atoms with Crippen LogP contribution in [0.3, 0.4) is 0 Å². The van der Waals surface area contributed by atoms with Gasteiger partial charge in [0.05, 0.1) is 24.9 Å². The van der Waals surface area contributed by atoms with Gasteiger partial charge in [-0.25, -0.2) is 0 Å². The van der Waals surface area contributed by atoms with Gasteiger partial charge >= 0.3 is 0 Å². The van der Waals surface area contributed by atoms with Crippen molar-refractivity contribution in [2.24, 2.45) is 0 Å². The first kappa shape index (κ1) is 15.3. The molecule has 0 aromatic heterocycles. The molecule has 0 amide bonds. The van der Waals surface area contributed by atoms with Gasteiger partial charge in [-0.2, -0.15) is 0 Å². The molecule has 1 aliphatic carbocycles. The molecular weight excluding hydrogens is 238 g/mol.